The smallest absolute Gasteiger partial charge is 0.225 e. The van der Waals surface area contributed by atoms with Crippen molar-refractivity contribution >= 4 is 23.2 Å². The van der Waals surface area contributed by atoms with Gasteiger partial charge in [0.25, 0.3) is 0 Å². The second kappa shape index (κ2) is 9.04. The van der Waals surface area contributed by atoms with E-state index in [0.29, 0.717) is 13.1 Å². The largest absolute Gasteiger partial charge is 0.497 e. The summed E-state index contributed by atoms with van der Waals surface area (Å²) in [5, 5.41) is 7.05. The zero-order valence-corrected chi connectivity index (χ0v) is 16.4. The molecular weight excluding hydrogens is 334 g/mol. The molecule has 2 rings (SSSR count). The van der Waals surface area contributed by atoms with Crippen LogP contribution in [-0.2, 0) is 4.79 Å². The van der Waals surface area contributed by atoms with Crippen molar-refractivity contribution in [2.75, 3.05) is 26.7 Å². The standard InChI is InChI=1S/C19H29N3O2S/c1-5-10-20-18(23)17-12-22(19(25)21-13(2)3)11-16(17)14-6-8-15(24-4)9-7-14/h6-9,13,16-17H,5,10-12H2,1-4H3,(H,20,23)(H,21,25)/t16-,17+/m1/s1. The molecule has 1 aliphatic heterocycles. The molecule has 5 nitrogen and oxygen atoms in total. The van der Waals surface area contributed by atoms with Gasteiger partial charge in [0.15, 0.2) is 5.11 Å². The molecule has 1 aromatic carbocycles. The first kappa shape index (κ1) is 19.5. The van der Waals surface area contributed by atoms with Crippen molar-refractivity contribution in [3.8, 4) is 5.75 Å². The molecule has 0 saturated carbocycles. The average molecular weight is 364 g/mol. The van der Waals surface area contributed by atoms with E-state index in [1.807, 2.05) is 24.3 Å². The van der Waals surface area contributed by atoms with E-state index in [0.717, 1.165) is 29.4 Å². The number of benzene rings is 1. The van der Waals surface area contributed by atoms with Gasteiger partial charge in [-0.05, 0) is 50.2 Å². The van der Waals surface area contributed by atoms with Crippen LogP contribution < -0.4 is 15.4 Å². The maximum absolute atomic E-state index is 12.7. The number of carbonyl (C=O) groups excluding carboxylic acids is 1. The Balaban J connectivity index is 2.18. The van der Waals surface area contributed by atoms with Gasteiger partial charge in [-0.3, -0.25) is 4.79 Å². The summed E-state index contributed by atoms with van der Waals surface area (Å²) < 4.78 is 5.24. The van der Waals surface area contributed by atoms with Gasteiger partial charge in [-0.1, -0.05) is 19.1 Å². The number of thiocarbonyl (C=S) groups is 1. The highest BCUT2D eigenvalue weighted by atomic mass is 32.1. The van der Waals surface area contributed by atoms with Gasteiger partial charge >= 0.3 is 0 Å². The van der Waals surface area contributed by atoms with Crippen LogP contribution in [0, 0.1) is 5.92 Å². The van der Waals surface area contributed by atoms with E-state index in [2.05, 4.69) is 36.3 Å². The van der Waals surface area contributed by atoms with Crippen molar-refractivity contribution in [3.63, 3.8) is 0 Å². The Bertz CT molecular complexity index is 589. The van der Waals surface area contributed by atoms with Crippen molar-refractivity contribution < 1.29 is 9.53 Å². The van der Waals surface area contributed by atoms with Crippen LogP contribution in [0.3, 0.4) is 0 Å². The fourth-order valence-electron chi connectivity index (χ4n) is 3.14. The number of nitrogens with one attached hydrogen (secondary N) is 2. The molecule has 6 heteroatoms. The third-order valence-corrected chi connectivity index (χ3v) is 4.83. The van der Waals surface area contributed by atoms with Gasteiger partial charge in [-0.25, -0.2) is 0 Å². The van der Waals surface area contributed by atoms with Crippen molar-refractivity contribution in [1.82, 2.24) is 15.5 Å². The molecule has 0 unspecified atom stereocenters. The summed E-state index contributed by atoms with van der Waals surface area (Å²) in [5.74, 6) is 0.946. The number of amides is 1. The summed E-state index contributed by atoms with van der Waals surface area (Å²) in [4.78, 5) is 14.8. The minimum Gasteiger partial charge on any atom is -0.497 e. The van der Waals surface area contributed by atoms with Crippen molar-refractivity contribution in [3.05, 3.63) is 29.8 Å². The van der Waals surface area contributed by atoms with Crippen molar-refractivity contribution in [1.29, 1.82) is 0 Å². The summed E-state index contributed by atoms with van der Waals surface area (Å²) in [5.41, 5.74) is 1.15. The zero-order valence-electron chi connectivity index (χ0n) is 15.5. The van der Waals surface area contributed by atoms with E-state index in [-0.39, 0.29) is 23.8 Å². The van der Waals surface area contributed by atoms with Gasteiger partial charge in [0.1, 0.15) is 5.75 Å². The predicted octanol–water partition coefficient (Wildman–Crippen LogP) is 2.52. The van der Waals surface area contributed by atoms with Crippen LogP contribution >= 0.6 is 12.2 Å². The Hall–Kier alpha value is -1.82. The molecule has 138 valence electrons. The van der Waals surface area contributed by atoms with Gasteiger partial charge in [0.05, 0.1) is 13.0 Å². The van der Waals surface area contributed by atoms with Crippen LogP contribution in [0.25, 0.3) is 0 Å². The van der Waals surface area contributed by atoms with Gasteiger partial charge < -0.3 is 20.3 Å². The Morgan fingerprint density at radius 2 is 2.00 bits per heavy atom. The normalized spacial score (nSPS) is 19.8. The number of hydrogen-bond donors (Lipinski definition) is 2. The molecule has 2 atom stereocenters. The number of methoxy groups -OCH3 is 1. The molecule has 1 heterocycles. The van der Waals surface area contributed by atoms with Crippen molar-refractivity contribution in [2.45, 2.75) is 39.2 Å². The third kappa shape index (κ3) is 5.08. The van der Waals surface area contributed by atoms with E-state index < -0.39 is 0 Å². The van der Waals surface area contributed by atoms with E-state index in [4.69, 9.17) is 17.0 Å². The molecule has 0 bridgehead atoms. The lowest BCUT2D eigenvalue weighted by Gasteiger charge is -2.22. The predicted molar refractivity (Wildman–Crippen MR) is 105 cm³/mol. The summed E-state index contributed by atoms with van der Waals surface area (Å²) in [6.45, 7) is 8.28. The Kier molecular flexibility index (Phi) is 7.05. The van der Waals surface area contributed by atoms with E-state index >= 15 is 0 Å². The summed E-state index contributed by atoms with van der Waals surface area (Å²) in [6.07, 6.45) is 0.933. The molecule has 1 saturated heterocycles. The highest BCUT2D eigenvalue weighted by Gasteiger charge is 2.39. The Morgan fingerprint density at radius 3 is 2.56 bits per heavy atom. The van der Waals surface area contributed by atoms with Crippen molar-refractivity contribution in [2.24, 2.45) is 5.92 Å². The number of ether oxygens (including phenoxy) is 1. The monoisotopic (exact) mass is 363 g/mol. The first-order chi connectivity index (χ1) is 12.0. The van der Waals surface area contributed by atoms with Crippen LogP contribution in [0.15, 0.2) is 24.3 Å². The van der Waals surface area contributed by atoms with Crippen LogP contribution in [0.4, 0.5) is 0 Å². The fraction of sp³-hybridized carbons (Fsp3) is 0.579. The lowest BCUT2D eigenvalue weighted by atomic mass is 9.88. The molecule has 2 N–H and O–H groups in total. The maximum Gasteiger partial charge on any atom is 0.225 e. The second-order valence-corrected chi connectivity index (χ2v) is 7.17. The molecule has 0 aromatic heterocycles. The molecule has 1 fully saturated rings. The quantitative estimate of drug-likeness (QED) is 0.761. The topological polar surface area (TPSA) is 53.6 Å². The number of hydrogen-bond acceptors (Lipinski definition) is 3. The van der Waals surface area contributed by atoms with E-state index in [9.17, 15) is 4.79 Å². The Morgan fingerprint density at radius 1 is 1.32 bits per heavy atom. The number of rotatable bonds is 6. The highest BCUT2D eigenvalue weighted by molar-refractivity contribution is 7.80. The molecule has 1 amide bonds. The lowest BCUT2D eigenvalue weighted by molar-refractivity contribution is -0.124. The first-order valence-electron chi connectivity index (χ1n) is 8.93. The SMILES string of the molecule is CCCNC(=O)[C@H]1CN(C(=S)NC(C)C)C[C@@H]1c1ccc(OC)cc1. The lowest BCUT2D eigenvalue weighted by Crippen LogP contribution is -2.42. The molecule has 1 aliphatic rings. The minimum atomic E-state index is -0.105. The molecule has 0 spiro atoms. The van der Waals surface area contributed by atoms with Gasteiger partial charge in [0.2, 0.25) is 5.91 Å². The number of nitrogens with zero attached hydrogens (tertiary/aromatic N) is 1. The number of carbonyl (C=O) groups is 1. The second-order valence-electron chi connectivity index (χ2n) is 6.79. The highest BCUT2D eigenvalue weighted by Crippen LogP contribution is 2.34. The number of likely N-dealkylation sites (tertiary alicyclic amines) is 1. The van der Waals surface area contributed by atoms with Crippen LogP contribution in [0.1, 0.15) is 38.7 Å². The summed E-state index contributed by atoms with van der Waals surface area (Å²) >= 11 is 5.52. The minimum absolute atomic E-state index is 0.105. The summed E-state index contributed by atoms with van der Waals surface area (Å²) in [6, 6.07) is 8.27. The fourth-order valence-corrected chi connectivity index (χ4v) is 3.53. The molecule has 25 heavy (non-hydrogen) atoms. The van der Waals surface area contributed by atoms with Crippen LogP contribution in [0.5, 0.6) is 5.75 Å². The molecule has 1 aromatic rings. The van der Waals surface area contributed by atoms with Gasteiger partial charge in [0, 0.05) is 31.6 Å². The van der Waals surface area contributed by atoms with Crippen LogP contribution in [0.2, 0.25) is 0 Å². The van der Waals surface area contributed by atoms with Crippen LogP contribution in [-0.4, -0.2) is 48.7 Å². The average Bonchev–Trinajstić information content (AvgIpc) is 3.04. The summed E-state index contributed by atoms with van der Waals surface area (Å²) in [7, 11) is 1.66. The van der Waals surface area contributed by atoms with Gasteiger partial charge in [-0.15, -0.1) is 0 Å². The first-order valence-corrected chi connectivity index (χ1v) is 9.34. The van der Waals surface area contributed by atoms with E-state index in [1.54, 1.807) is 7.11 Å². The van der Waals surface area contributed by atoms with Gasteiger partial charge in [-0.2, -0.15) is 0 Å². The maximum atomic E-state index is 12.7. The van der Waals surface area contributed by atoms with E-state index in [1.165, 1.54) is 0 Å². The molecule has 0 aliphatic carbocycles. The zero-order chi connectivity index (χ0) is 18.4. The molecule has 0 radical (unpaired) electrons. The third-order valence-electron chi connectivity index (χ3n) is 4.45. The molecular formula is C19H29N3O2S. The Labute approximate surface area is 156 Å².